The van der Waals surface area contributed by atoms with Crippen molar-refractivity contribution in [1.29, 1.82) is 0 Å². The molecule has 0 bridgehead atoms. The van der Waals surface area contributed by atoms with E-state index in [1.165, 1.54) is 0 Å². The van der Waals surface area contributed by atoms with Crippen molar-refractivity contribution in [2.75, 3.05) is 19.6 Å². The molecule has 2 aliphatic heterocycles. The number of piperazine rings is 2. The Balaban J connectivity index is 1.42. The average molecular weight is 364 g/mol. The van der Waals surface area contributed by atoms with E-state index in [0.29, 0.717) is 26.1 Å². The van der Waals surface area contributed by atoms with Gasteiger partial charge in [0, 0.05) is 38.3 Å². The number of fused-ring (bicyclic) bond motifs is 1. The standard InChI is InChI=1S/C21H24N4O2/c1-15-6-5-9-17(22-15)13-24-10-11-25-19(14-24)20(26)23-18(21(25)27)12-16-7-3-2-4-8-16/h2-9,18-19H,10-14H2,1H3,(H,23,26)/t18-,19-/m1/s1. The molecule has 6 heteroatoms. The number of aryl methyl sites for hydroxylation is 1. The number of carbonyl (C=O) groups is 2. The van der Waals surface area contributed by atoms with E-state index in [2.05, 4.69) is 15.2 Å². The lowest BCUT2D eigenvalue weighted by atomic mass is 9.98. The van der Waals surface area contributed by atoms with Crippen LogP contribution in [0.4, 0.5) is 0 Å². The van der Waals surface area contributed by atoms with Crippen molar-refractivity contribution in [3.63, 3.8) is 0 Å². The molecule has 27 heavy (non-hydrogen) atoms. The zero-order chi connectivity index (χ0) is 18.8. The first-order valence-corrected chi connectivity index (χ1v) is 9.40. The second-order valence-corrected chi connectivity index (χ2v) is 7.30. The molecule has 0 spiro atoms. The summed E-state index contributed by atoms with van der Waals surface area (Å²) in [4.78, 5) is 34.1. The Bertz CT molecular complexity index is 839. The lowest BCUT2D eigenvalue weighted by Crippen LogP contribution is -2.69. The van der Waals surface area contributed by atoms with E-state index in [4.69, 9.17) is 0 Å². The van der Waals surface area contributed by atoms with Gasteiger partial charge in [-0.3, -0.25) is 19.5 Å². The minimum Gasteiger partial charge on any atom is -0.342 e. The minimum absolute atomic E-state index is 0.0248. The molecule has 4 rings (SSSR count). The lowest BCUT2D eigenvalue weighted by Gasteiger charge is -2.45. The van der Waals surface area contributed by atoms with Crippen LogP contribution >= 0.6 is 0 Å². The SMILES string of the molecule is Cc1cccc(CN2CCN3C(=O)[C@@H](Cc4ccccc4)NC(=O)[C@H]3C2)n1. The van der Waals surface area contributed by atoms with Gasteiger partial charge in [0.15, 0.2) is 0 Å². The molecule has 140 valence electrons. The molecule has 0 aliphatic carbocycles. The number of amides is 2. The van der Waals surface area contributed by atoms with E-state index in [0.717, 1.165) is 23.5 Å². The summed E-state index contributed by atoms with van der Waals surface area (Å²) in [6.07, 6.45) is 0.533. The van der Waals surface area contributed by atoms with Gasteiger partial charge in [0.05, 0.1) is 5.69 Å². The van der Waals surface area contributed by atoms with Crippen molar-refractivity contribution in [3.05, 3.63) is 65.5 Å². The Morgan fingerprint density at radius 1 is 1.07 bits per heavy atom. The third kappa shape index (κ3) is 3.85. The van der Waals surface area contributed by atoms with E-state index < -0.39 is 12.1 Å². The van der Waals surface area contributed by atoms with Crippen molar-refractivity contribution >= 4 is 11.8 Å². The molecular weight excluding hydrogens is 340 g/mol. The van der Waals surface area contributed by atoms with Crippen molar-refractivity contribution in [2.45, 2.75) is 32.0 Å². The van der Waals surface area contributed by atoms with Crippen molar-refractivity contribution < 1.29 is 9.59 Å². The topological polar surface area (TPSA) is 65.5 Å². The number of rotatable bonds is 4. The molecule has 1 aromatic heterocycles. The molecule has 2 amide bonds. The van der Waals surface area contributed by atoms with Crippen LogP contribution in [0.1, 0.15) is 17.0 Å². The van der Waals surface area contributed by atoms with Crippen LogP contribution in [0.5, 0.6) is 0 Å². The van der Waals surface area contributed by atoms with Gasteiger partial charge in [-0.05, 0) is 24.6 Å². The Hall–Kier alpha value is -2.73. The van der Waals surface area contributed by atoms with Crippen molar-refractivity contribution in [2.24, 2.45) is 0 Å². The highest BCUT2D eigenvalue weighted by atomic mass is 16.2. The Morgan fingerprint density at radius 3 is 2.67 bits per heavy atom. The van der Waals surface area contributed by atoms with Crippen LogP contribution in [0.2, 0.25) is 0 Å². The number of pyridine rings is 1. The summed E-state index contributed by atoms with van der Waals surface area (Å²) in [5, 5.41) is 2.93. The second-order valence-electron chi connectivity index (χ2n) is 7.30. The highest BCUT2D eigenvalue weighted by molar-refractivity contribution is 5.97. The molecule has 0 radical (unpaired) electrons. The molecule has 2 saturated heterocycles. The van der Waals surface area contributed by atoms with Gasteiger partial charge < -0.3 is 10.2 Å². The smallest absolute Gasteiger partial charge is 0.246 e. The first kappa shape index (κ1) is 17.7. The predicted molar refractivity (Wildman–Crippen MR) is 102 cm³/mol. The third-order valence-corrected chi connectivity index (χ3v) is 5.28. The summed E-state index contributed by atoms with van der Waals surface area (Å²) in [6.45, 7) is 4.55. The lowest BCUT2D eigenvalue weighted by molar-refractivity contribution is -0.153. The maximum absolute atomic E-state index is 12.9. The van der Waals surface area contributed by atoms with Gasteiger partial charge in [0.1, 0.15) is 12.1 Å². The van der Waals surface area contributed by atoms with Crippen LogP contribution in [0.25, 0.3) is 0 Å². The Kier molecular flexibility index (Phi) is 4.90. The predicted octanol–water partition coefficient (Wildman–Crippen LogP) is 1.14. The van der Waals surface area contributed by atoms with Crippen LogP contribution < -0.4 is 5.32 Å². The van der Waals surface area contributed by atoms with Crippen molar-refractivity contribution in [1.82, 2.24) is 20.1 Å². The van der Waals surface area contributed by atoms with Crippen LogP contribution in [0.15, 0.2) is 48.5 Å². The van der Waals surface area contributed by atoms with Crippen LogP contribution in [-0.2, 0) is 22.6 Å². The first-order valence-electron chi connectivity index (χ1n) is 9.40. The van der Waals surface area contributed by atoms with Gasteiger partial charge in [-0.2, -0.15) is 0 Å². The fourth-order valence-electron chi connectivity index (χ4n) is 3.91. The number of carbonyl (C=O) groups excluding carboxylic acids is 2. The normalized spacial score (nSPS) is 23.1. The third-order valence-electron chi connectivity index (χ3n) is 5.28. The molecule has 0 unspecified atom stereocenters. The number of nitrogens with zero attached hydrogens (tertiary/aromatic N) is 3. The number of aromatic nitrogens is 1. The van der Waals surface area contributed by atoms with Gasteiger partial charge in [-0.15, -0.1) is 0 Å². The summed E-state index contributed by atoms with van der Waals surface area (Å²) in [6, 6.07) is 14.9. The largest absolute Gasteiger partial charge is 0.342 e. The molecule has 2 aromatic rings. The summed E-state index contributed by atoms with van der Waals surface area (Å²) in [5.74, 6) is -0.0331. The number of nitrogens with one attached hydrogen (secondary N) is 1. The molecule has 2 aliphatic rings. The monoisotopic (exact) mass is 364 g/mol. The van der Waals surface area contributed by atoms with Gasteiger partial charge in [0.2, 0.25) is 11.8 Å². The van der Waals surface area contributed by atoms with Crippen molar-refractivity contribution in [3.8, 4) is 0 Å². The highest BCUT2D eigenvalue weighted by Crippen LogP contribution is 2.19. The molecule has 1 aromatic carbocycles. The Morgan fingerprint density at radius 2 is 1.89 bits per heavy atom. The number of hydrogen-bond donors (Lipinski definition) is 1. The quantitative estimate of drug-likeness (QED) is 0.884. The molecule has 6 nitrogen and oxygen atoms in total. The van der Waals surface area contributed by atoms with E-state index in [9.17, 15) is 9.59 Å². The van der Waals surface area contributed by atoms with Crippen LogP contribution in [-0.4, -0.2) is 58.3 Å². The zero-order valence-electron chi connectivity index (χ0n) is 15.5. The van der Waals surface area contributed by atoms with Crippen LogP contribution in [0, 0.1) is 6.92 Å². The summed E-state index contributed by atoms with van der Waals surface area (Å²) >= 11 is 0. The summed E-state index contributed by atoms with van der Waals surface area (Å²) < 4.78 is 0. The minimum atomic E-state index is -0.471. The number of hydrogen-bond acceptors (Lipinski definition) is 4. The van der Waals surface area contributed by atoms with E-state index in [-0.39, 0.29) is 11.8 Å². The molecule has 2 atom stereocenters. The summed E-state index contributed by atoms with van der Waals surface area (Å²) in [7, 11) is 0. The van der Waals surface area contributed by atoms with Gasteiger partial charge >= 0.3 is 0 Å². The van der Waals surface area contributed by atoms with Gasteiger partial charge in [-0.25, -0.2) is 0 Å². The molecule has 3 heterocycles. The number of benzene rings is 1. The fourth-order valence-corrected chi connectivity index (χ4v) is 3.91. The second kappa shape index (κ2) is 7.48. The van der Waals surface area contributed by atoms with Gasteiger partial charge in [0.25, 0.3) is 0 Å². The van der Waals surface area contributed by atoms with Gasteiger partial charge in [-0.1, -0.05) is 36.4 Å². The Labute approximate surface area is 159 Å². The average Bonchev–Trinajstić information content (AvgIpc) is 2.67. The fraction of sp³-hybridized carbons (Fsp3) is 0.381. The highest BCUT2D eigenvalue weighted by Gasteiger charge is 2.43. The van der Waals surface area contributed by atoms with E-state index >= 15 is 0 Å². The van der Waals surface area contributed by atoms with E-state index in [1.54, 1.807) is 4.90 Å². The molecule has 0 saturated carbocycles. The maximum Gasteiger partial charge on any atom is 0.246 e. The molecule has 1 N–H and O–H groups in total. The first-order chi connectivity index (χ1) is 13.1. The molecular formula is C21H24N4O2. The zero-order valence-corrected chi connectivity index (χ0v) is 15.5. The maximum atomic E-state index is 12.9. The van der Waals surface area contributed by atoms with E-state index in [1.807, 2.05) is 55.5 Å². The van der Waals surface area contributed by atoms with Crippen LogP contribution in [0.3, 0.4) is 0 Å². The molecule has 2 fully saturated rings. The summed E-state index contributed by atoms with van der Waals surface area (Å²) in [5.41, 5.74) is 3.03.